The zero-order chi connectivity index (χ0) is 22.5. The molecule has 0 bridgehead atoms. The maximum absolute atomic E-state index is 4.84. The Morgan fingerprint density at radius 2 is 1.67 bits per heavy atom. The minimum atomic E-state index is 0.562. The summed E-state index contributed by atoms with van der Waals surface area (Å²) in [6.45, 7) is 3.03. The highest BCUT2D eigenvalue weighted by molar-refractivity contribution is 5.79. The van der Waals surface area contributed by atoms with Gasteiger partial charge in [0.1, 0.15) is 5.82 Å². The molecule has 0 atom stereocenters. The fourth-order valence-corrected chi connectivity index (χ4v) is 3.76. The first kappa shape index (κ1) is 20.7. The minimum Gasteiger partial charge on any atom is -0.260 e. The Morgan fingerprint density at radius 3 is 2.39 bits per heavy atom. The summed E-state index contributed by atoms with van der Waals surface area (Å²) >= 11 is 0. The molecule has 164 valence electrons. The highest BCUT2D eigenvalue weighted by Crippen LogP contribution is 2.29. The van der Waals surface area contributed by atoms with Crippen LogP contribution in [0.2, 0.25) is 0 Å². The van der Waals surface area contributed by atoms with Crippen molar-refractivity contribution in [3.05, 3.63) is 84.4 Å². The lowest BCUT2D eigenvalue weighted by Crippen LogP contribution is -2.07. The van der Waals surface area contributed by atoms with E-state index in [-0.39, 0.29) is 0 Å². The normalized spacial score (nSPS) is 11.1. The molecule has 0 aliphatic carbocycles. The number of aryl methyl sites for hydroxylation is 1. The molecule has 0 unspecified atom stereocenters. The van der Waals surface area contributed by atoms with Gasteiger partial charge in [-0.05, 0) is 23.3 Å². The molecule has 8 nitrogen and oxygen atoms in total. The Morgan fingerprint density at radius 1 is 0.848 bits per heavy atom. The van der Waals surface area contributed by atoms with E-state index in [2.05, 4.69) is 33.6 Å². The second-order valence-corrected chi connectivity index (χ2v) is 7.79. The van der Waals surface area contributed by atoms with Gasteiger partial charge in [0.2, 0.25) is 5.82 Å². The first-order chi connectivity index (χ1) is 16.3. The van der Waals surface area contributed by atoms with E-state index >= 15 is 0 Å². The first-order valence-corrected chi connectivity index (χ1v) is 11.1. The Kier molecular flexibility index (Phi) is 5.97. The summed E-state index contributed by atoms with van der Waals surface area (Å²) in [5, 5.41) is 19.2. The van der Waals surface area contributed by atoms with Crippen LogP contribution < -0.4 is 0 Å². The van der Waals surface area contributed by atoms with Crippen LogP contribution in [0.15, 0.2) is 72.9 Å². The van der Waals surface area contributed by atoms with E-state index in [1.165, 1.54) is 0 Å². The number of aromatic amines is 1. The van der Waals surface area contributed by atoms with E-state index in [0.29, 0.717) is 12.2 Å². The summed E-state index contributed by atoms with van der Waals surface area (Å²) in [5.74, 6) is 2.24. The van der Waals surface area contributed by atoms with Crippen LogP contribution in [0.3, 0.4) is 0 Å². The van der Waals surface area contributed by atoms with Gasteiger partial charge in [0.15, 0.2) is 5.82 Å². The van der Waals surface area contributed by atoms with E-state index in [1.54, 1.807) is 0 Å². The molecule has 33 heavy (non-hydrogen) atoms. The molecule has 0 aliphatic heterocycles. The van der Waals surface area contributed by atoms with Crippen LogP contribution in [-0.2, 0) is 13.0 Å². The maximum Gasteiger partial charge on any atom is 0.205 e. The van der Waals surface area contributed by atoms with Crippen molar-refractivity contribution in [3.63, 3.8) is 0 Å². The molecule has 8 heteroatoms. The number of hydrogen-bond donors (Lipinski definition) is 1. The fourth-order valence-electron chi connectivity index (χ4n) is 3.76. The molecular formula is C25H24N8. The van der Waals surface area contributed by atoms with Crippen molar-refractivity contribution in [3.8, 4) is 33.9 Å². The molecule has 3 heterocycles. The average molecular weight is 437 g/mol. The van der Waals surface area contributed by atoms with E-state index in [9.17, 15) is 0 Å². The second kappa shape index (κ2) is 9.52. The number of unbranched alkanes of at least 4 members (excludes halogenated alkanes) is 1. The molecule has 0 aliphatic rings. The molecule has 2 aromatic carbocycles. The number of rotatable bonds is 8. The smallest absolute Gasteiger partial charge is 0.205 e. The molecule has 5 rings (SSSR count). The highest BCUT2D eigenvalue weighted by Gasteiger charge is 2.14. The lowest BCUT2D eigenvalue weighted by Gasteiger charge is -2.08. The summed E-state index contributed by atoms with van der Waals surface area (Å²) in [7, 11) is 0. The number of H-pyrrole nitrogens is 1. The number of aromatic nitrogens is 8. The summed E-state index contributed by atoms with van der Waals surface area (Å²) in [6, 6.07) is 22.2. The largest absolute Gasteiger partial charge is 0.260 e. The topological polar surface area (TPSA) is 98.1 Å². The number of pyridine rings is 1. The molecule has 0 radical (unpaired) electrons. The van der Waals surface area contributed by atoms with Crippen LogP contribution in [0.1, 0.15) is 31.3 Å². The Labute approximate surface area is 191 Å². The minimum absolute atomic E-state index is 0.562. The van der Waals surface area contributed by atoms with Crippen LogP contribution in [0, 0.1) is 0 Å². The van der Waals surface area contributed by atoms with Crippen molar-refractivity contribution < 1.29 is 0 Å². The molecule has 0 saturated carbocycles. The van der Waals surface area contributed by atoms with Crippen LogP contribution in [0.25, 0.3) is 33.9 Å². The average Bonchev–Trinajstić information content (AvgIpc) is 3.54. The van der Waals surface area contributed by atoms with Crippen molar-refractivity contribution >= 4 is 0 Å². The van der Waals surface area contributed by atoms with Gasteiger partial charge < -0.3 is 0 Å². The molecule has 0 spiro atoms. The molecule has 0 fully saturated rings. The zero-order valence-electron chi connectivity index (χ0n) is 18.4. The Bertz CT molecular complexity index is 1310. The third kappa shape index (κ3) is 4.55. The van der Waals surface area contributed by atoms with E-state index in [1.807, 2.05) is 71.5 Å². The van der Waals surface area contributed by atoms with Gasteiger partial charge in [0.25, 0.3) is 0 Å². The summed E-state index contributed by atoms with van der Waals surface area (Å²) in [5.41, 5.74) is 4.88. The van der Waals surface area contributed by atoms with Crippen LogP contribution in [-0.4, -0.2) is 40.4 Å². The van der Waals surface area contributed by atoms with Crippen LogP contribution >= 0.6 is 0 Å². The predicted octanol–water partition coefficient (Wildman–Crippen LogP) is 4.58. The Balaban J connectivity index is 1.42. The van der Waals surface area contributed by atoms with Gasteiger partial charge in [-0.1, -0.05) is 74.0 Å². The monoisotopic (exact) mass is 436 g/mol. The van der Waals surface area contributed by atoms with Gasteiger partial charge in [0.05, 0.1) is 0 Å². The van der Waals surface area contributed by atoms with E-state index in [4.69, 9.17) is 15.1 Å². The van der Waals surface area contributed by atoms with Crippen molar-refractivity contribution in [1.82, 2.24) is 40.4 Å². The van der Waals surface area contributed by atoms with Gasteiger partial charge >= 0.3 is 0 Å². The van der Waals surface area contributed by atoms with Gasteiger partial charge in [0, 0.05) is 41.5 Å². The lowest BCUT2D eigenvalue weighted by molar-refractivity contribution is 0.549. The molecule has 5 aromatic rings. The quantitative estimate of drug-likeness (QED) is 0.382. The standard InChI is InChI=1S/C25H24N8/c1-2-3-15-33-23(27-24(30-33)18-9-5-4-6-10-18)16-20-14-13-19(17-26-20)21-11-7-8-12-22(21)25-28-31-32-29-25/h4-14,17H,2-3,15-16H2,1H3,(H,28,29,31,32). The third-order valence-corrected chi connectivity index (χ3v) is 5.49. The molecular weight excluding hydrogens is 412 g/mol. The summed E-state index contributed by atoms with van der Waals surface area (Å²) < 4.78 is 2.02. The number of hydrogen-bond acceptors (Lipinski definition) is 6. The van der Waals surface area contributed by atoms with Gasteiger partial charge in [-0.2, -0.15) is 10.3 Å². The summed E-state index contributed by atoms with van der Waals surface area (Å²) in [6.07, 6.45) is 4.67. The summed E-state index contributed by atoms with van der Waals surface area (Å²) in [4.78, 5) is 9.57. The molecule has 3 aromatic heterocycles. The van der Waals surface area contributed by atoms with Crippen LogP contribution in [0.5, 0.6) is 0 Å². The van der Waals surface area contributed by atoms with E-state index in [0.717, 1.165) is 59.0 Å². The maximum atomic E-state index is 4.84. The molecule has 0 saturated heterocycles. The van der Waals surface area contributed by atoms with Crippen LogP contribution in [0.4, 0.5) is 0 Å². The number of nitrogens with zero attached hydrogens (tertiary/aromatic N) is 7. The molecule has 0 amide bonds. The van der Waals surface area contributed by atoms with Gasteiger partial charge in [-0.3, -0.25) is 4.98 Å². The lowest BCUT2D eigenvalue weighted by atomic mass is 10.0. The number of tetrazole rings is 1. The number of benzene rings is 2. The van der Waals surface area contributed by atoms with Gasteiger partial charge in [-0.15, -0.1) is 10.2 Å². The SMILES string of the molecule is CCCCn1nc(-c2ccccc2)nc1Cc1ccc(-c2ccccc2-c2nn[nH]n2)cn1. The third-order valence-electron chi connectivity index (χ3n) is 5.49. The Hall–Kier alpha value is -4.20. The predicted molar refractivity (Wildman–Crippen MR) is 126 cm³/mol. The zero-order valence-corrected chi connectivity index (χ0v) is 18.4. The molecule has 1 N–H and O–H groups in total. The van der Waals surface area contributed by atoms with Crippen molar-refractivity contribution in [2.75, 3.05) is 0 Å². The van der Waals surface area contributed by atoms with Crippen molar-refractivity contribution in [2.24, 2.45) is 0 Å². The van der Waals surface area contributed by atoms with Gasteiger partial charge in [-0.25, -0.2) is 9.67 Å². The first-order valence-electron chi connectivity index (χ1n) is 11.1. The highest BCUT2D eigenvalue weighted by atomic mass is 15.5. The van der Waals surface area contributed by atoms with E-state index < -0.39 is 0 Å². The van der Waals surface area contributed by atoms with Crippen molar-refractivity contribution in [1.29, 1.82) is 0 Å². The van der Waals surface area contributed by atoms with Crippen molar-refractivity contribution in [2.45, 2.75) is 32.7 Å². The second-order valence-electron chi connectivity index (χ2n) is 7.79. The fraction of sp³-hybridized carbons (Fsp3) is 0.200. The number of nitrogens with one attached hydrogen (secondary N) is 1.